The molecule has 0 fully saturated rings. The van der Waals surface area contributed by atoms with Gasteiger partial charge in [0.25, 0.3) is 0 Å². The molecule has 0 saturated heterocycles. The number of carbonyl (C=O) groups is 1. The van der Waals surface area contributed by atoms with Crippen LogP contribution in [0.15, 0.2) is 12.1 Å². The van der Waals surface area contributed by atoms with E-state index in [0.717, 1.165) is 6.07 Å². The normalized spacial score (nSPS) is 9.44. The molecule has 0 aliphatic carbocycles. The van der Waals surface area contributed by atoms with Gasteiger partial charge in [-0.3, -0.25) is 0 Å². The minimum Gasteiger partial charge on any atom is -0.478 e. The lowest BCUT2D eigenvalue weighted by Gasteiger charge is -2.00. The third-order valence-corrected chi connectivity index (χ3v) is 2.23. The molecule has 0 radical (unpaired) electrons. The van der Waals surface area contributed by atoms with Gasteiger partial charge in [0.1, 0.15) is 5.82 Å². The van der Waals surface area contributed by atoms with E-state index in [9.17, 15) is 9.18 Å². The monoisotopic (exact) mass is 260 g/mol. The third-order valence-electron chi connectivity index (χ3n) is 1.73. The second kappa shape index (κ2) is 5.74. The maximum absolute atomic E-state index is 13.4. The molecule has 0 aliphatic rings. The Morgan fingerprint density at radius 3 is 2.75 bits per heavy atom. The third kappa shape index (κ3) is 3.13. The largest absolute Gasteiger partial charge is 0.478 e. The predicted octanol–water partition coefficient (Wildman–Crippen LogP) is 3.16. The molecule has 16 heavy (non-hydrogen) atoms. The van der Waals surface area contributed by atoms with Gasteiger partial charge in [0.2, 0.25) is 0 Å². The number of carboxylic acid groups (broad SMARTS) is 1. The van der Waals surface area contributed by atoms with Crippen molar-refractivity contribution in [3.05, 3.63) is 34.1 Å². The summed E-state index contributed by atoms with van der Waals surface area (Å²) in [7, 11) is 0. The molecular formula is C11H7Cl2FO2. The van der Waals surface area contributed by atoms with Crippen molar-refractivity contribution in [2.75, 3.05) is 5.88 Å². The van der Waals surface area contributed by atoms with Crippen LogP contribution in [0.3, 0.4) is 0 Å². The van der Waals surface area contributed by atoms with Crippen molar-refractivity contribution in [3.63, 3.8) is 0 Å². The quantitative estimate of drug-likeness (QED) is 0.655. The first kappa shape index (κ1) is 12.8. The van der Waals surface area contributed by atoms with Crippen molar-refractivity contribution in [2.45, 2.75) is 6.42 Å². The lowest BCUT2D eigenvalue weighted by Crippen LogP contribution is -1.99. The maximum Gasteiger partial charge on any atom is 0.337 e. The highest BCUT2D eigenvalue weighted by Gasteiger charge is 2.12. The molecule has 84 valence electrons. The number of benzene rings is 1. The van der Waals surface area contributed by atoms with E-state index < -0.39 is 11.8 Å². The molecule has 0 atom stereocenters. The Bertz CT molecular complexity index is 475. The summed E-state index contributed by atoms with van der Waals surface area (Å²) in [5.41, 5.74) is -0.206. The molecule has 5 heteroatoms. The van der Waals surface area contributed by atoms with Gasteiger partial charge in [-0.25, -0.2) is 9.18 Å². The molecule has 0 aliphatic heterocycles. The smallest absolute Gasteiger partial charge is 0.337 e. The average Bonchev–Trinajstić information content (AvgIpc) is 2.22. The van der Waals surface area contributed by atoms with Crippen molar-refractivity contribution < 1.29 is 14.3 Å². The number of halogens is 3. The molecule has 2 nitrogen and oxygen atoms in total. The fourth-order valence-electron chi connectivity index (χ4n) is 1.01. The molecule has 0 spiro atoms. The zero-order chi connectivity index (χ0) is 12.1. The van der Waals surface area contributed by atoms with Crippen LogP contribution in [-0.4, -0.2) is 17.0 Å². The lowest BCUT2D eigenvalue weighted by molar-refractivity contribution is 0.0696. The number of carboxylic acids is 1. The molecule has 1 N–H and O–H groups in total. The van der Waals surface area contributed by atoms with Gasteiger partial charge in [-0.05, 0) is 12.1 Å². The maximum atomic E-state index is 13.4. The summed E-state index contributed by atoms with van der Waals surface area (Å²) in [4.78, 5) is 10.6. The van der Waals surface area contributed by atoms with Crippen LogP contribution in [0.1, 0.15) is 22.3 Å². The molecule has 0 saturated carbocycles. The van der Waals surface area contributed by atoms with Crippen LogP contribution in [0.4, 0.5) is 4.39 Å². The first-order valence-electron chi connectivity index (χ1n) is 4.33. The summed E-state index contributed by atoms with van der Waals surface area (Å²) in [6.07, 6.45) is 0.430. The van der Waals surface area contributed by atoms with E-state index in [1.165, 1.54) is 6.07 Å². The summed E-state index contributed by atoms with van der Waals surface area (Å²) < 4.78 is 13.4. The minimum atomic E-state index is -1.27. The second-order valence-electron chi connectivity index (χ2n) is 2.86. The van der Waals surface area contributed by atoms with Crippen molar-refractivity contribution in [3.8, 4) is 11.8 Å². The topological polar surface area (TPSA) is 37.3 Å². The van der Waals surface area contributed by atoms with Crippen molar-refractivity contribution in [1.29, 1.82) is 0 Å². The highest BCUT2D eigenvalue weighted by Crippen LogP contribution is 2.20. The first-order valence-corrected chi connectivity index (χ1v) is 5.24. The van der Waals surface area contributed by atoms with E-state index in [4.69, 9.17) is 28.3 Å². The highest BCUT2D eigenvalue weighted by atomic mass is 35.5. The molecule has 1 rings (SSSR count). The molecule has 0 heterocycles. The van der Waals surface area contributed by atoms with Crippen molar-refractivity contribution in [1.82, 2.24) is 0 Å². The van der Waals surface area contributed by atoms with E-state index in [1.54, 1.807) is 0 Å². The number of rotatable bonds is 2. The summed E-state index contributed by atoms with van der Waals surface area (Å²) in [6, 6.07) is 2.05. The molecule has 0 amide bonds. The van der Waals surface area contributed by atoms with Gasteiger partial charge in [0, 0.05) is 12.3 Å². The van der Waals surface area contributed by atoms with Crippen LogP contribution in [0.2, 0.25) is 5.02 Å². The predicted molar refractivity (Wildman–Crippen MR) is 60.6 cm³/mol. The second-order valence-corrected chi connectivity index (χ2v) is 3.64. The minimum absolute atomic E-state index is 0.0379. The van der Waals surface area contributed by atoms with Crippen molar-refractivity contribution >= 4 is 29.2 Å². The Hall–Kier alpha value is -1.24. The van der Waals surface area contributed by atoms with Crippen LogP contribution >= 0.6 is 23.2 Å². The molecule has 1 aromatic rings. The van der Waals surface area contributed by atoms with Gasteiger partial charge in [0.05, 0.1) is 16.1 Å². The number of hydrogen-bond acceptors (Lipinski definition) is 1. The summed E-state index contributed by atoms with van der Waals surface area (Å²) in [6.45, 7) is 0. The standard InChI is InChI=1S/C11H7Cl2FO2/c12-4-2-1-3-7-5-9(13)8(11(15)16)6-10(7)14/h5-6H,2,4H2,(H,15,16). The van der Waals surface area contributed by atoms with E-state index in [2.05, 4.69) is 11.8 Å². The van der Waals surface area contributed by atoms with E-state index in [1.807, 2.05) is 0 Å². The number of alkyl halides is 1. The van der Waals surface area contributed by atoms with Crippen molar-refractivity contribution in [2.24, 2.45) is 0 Å². The fraction of sp³-hybridized carbons (Fsp3) is 0.182. The molecule has 0 bridgehead atoms. The first-order chi connectivity index (χ1) is 7.56. The van der Waals surface area contributed by atoms with Gasteiger partial charge in [-0.1, -0.05) is 23.4 Å². The Balaban J connectivity index is 3.12. The fourth-order valence-corrected chi connectivity index (χ4v) is 1.35. The Morgan fingerprint density at radius 1 is 1.50 bits per heavy atom. The molecular weight excluding hydrogens is 254 g/mol. The van der Waals surface area contributed by atoms with E-state index >= 15 is 0 Å². The summed E-state index contributed by atoms with van der Waals surface area (Å²) in [5.74, 6) is 3.55. The van der Waals surface area contributed by atoms with Crippen LogP contribution in [0.25, 0.3) is 0 Å². The Morgan fingerprint density at radius 2 is 2.19 bits per heavy atom. The SMILES string of the molecule is O=C(O)c1cc(F)c(C#CCCCl)cc1Cl. The lowest BCUT2D eigenvalue weighted by atomic mass is 10.1. The highest BCUT2D eigenvalue weighted by molar-refractivity contribution is 6.33. The molecule has 1 aromatic carbocycles. The Kier molecular flexibility index (Phi) is 4.60. The van der Waals surface area contributed by atoms with Gasteiger partial charge in [0.15, 0.2) is 0 Å². The number of aromatic carboxylic acids is 1. The van der Waals surface area contributed by atoms with Crippen LogP contribution < -0.4 is 0 Å². The van der Waals surface area contributed by atoms with Gasteiger partial charge < -0.3 is 5.11 Å². The molecule has 0 unspecified atom stereocenters. The van der Waals surface area contributed by atoms with Gasteiger partial charge in [-0.15, -0.1) is 11.6 Å². The van der Waals surface area contributed by atoms with Crippen LogP contribution in [0, 0.1) is 17.7 Å². The Labute approximate surface area is 102 Å². The van der Waals surface area contributed by atoms with Crippen LogP contribution in [-0.2, 0) is 0 Å². The zero-order valence-corrected chi connectivity index (χ0v) is 9.57. The zero-order valence-electron chi connectivity index (χ0n) is 8.06. The van der Waals surface area contributed by atoms with Crippen LogP contribution in [0.5, 0.6) is 0 Å². The summed E-state index contributed by atoms with van der Waals surface area (Å²) in [5, 5.41) is 8.65. The van der Waals surface area contributed by atoms with E-state index in [-0.39, 0.29) is 16.1 Å². The van der Waals surface area contributed by atoms with Gasteiger partial charge >= 0.3 is 5.97 Å². The number of hydrogen-bond donors (Lipinski definition) is 1. The molecule has 0 aromatic heterocycles. The average molecular weight is 261 g/mol. The summed E-state index contributed by atoms with van der Waals surface area (Å²) >= 11 is 11.1. The van der Waals surface area contributed by atoms with E-state index in [0.29, 0.717) is 12.3 Å². The van der Waals surface area contributed by atoms with Gasteiger partial charge in [-0.2, -0.15) is 0 Å².